The van der Waals surface area contributed by atoms with Crippen LogP contribution in [0, 0.1) is 24.1 Å². The Hall–Kier alpha value is -4.77. The highest BCUT2D eigenvalue weighted by molar-refractivity contribution is 6.05. The highest BCUT2D eigenvalue weighted by Crippen LogP contribution is 2.29. The number of hydrogen-bond donors (Lipinski definition) is 1. The first-order valence-corrected chi connectivity index (χ1v) is 11.8. The molecule has 0 fully saturated rings. The Morgan fingerprint density at radius 1 is 1.11 bits per heavy atom. The van der Waals surface area contributed by atoms with Gasteiger partial charge in [-0.3, -0.25) is 14.3 Å². The number of fused-ring (bicyclic) bond motifs is 1. The molecule has 37 heavy (non-hydrogen) atoms. The smallest absolute Gasteiger partial charge is 0.255 e. The van der Waals surface area contributed by atoms with Gasteiger partial charge in [-0.2, -0.15) is 10.4 Å². The second-order valence-corrected chi connectivity index (χ2v) is 9.98. The van der Waals surface area contributed by atoms with E-state index >= 15 is 4.39 Å². The van der Waals surface area contributed by atoms with Crippen LogP contribution >= 0.6 is 0 Å². The first-order valence-electron chi connectivity index (χ1n) is 11.8. The molecule has 7 nitrogen and oxygen atoms in total. The van der Waals surface area contributed by atoms with Crippen LogP contribution in [0.15, 0.2) is 73.3 Å². The highest BCUT2D eigenvalue weighted by Gasteiger charge is 2.20. The number of benzene rings is 2. The molecule has 5 rings (SSSR count). The molecule has 0 saturated carbocycles. The van der Waals surface area contributed by atoms with Gasteiger partial charge in [0.05, 0.1) is 28.7 Å². The SMILES string of the molecule is Cc1cc(F)c(NC(=O)c2cc(C#N)cc(C(C)(C)C)c2)cc1-n1ccn2nc(-c3cccnc3)cc12. The number of hydrogen-bond acceptors (Lipinski definition) is 4. The summed E-state index contributed by atoms with van der Waals surface area (Å²) in [5, 5.41) is 16.8. The maximum absolute atomic E-state index is 15.0. The van der Waals surface area contributed by atoms with Crippen LogP contribution in [0.25, 0.3) is 22.6 Å². The second-order valence-electron chi connectivity index (χ2n) is 9.98. The molecule has 0 bridgehead atoms. The Bertz CT molecular complexity index is 1690. The highest BCUT2D eigenvalue weighted by atomic mass is 19.1. The zero-order valence-electron chi connectivity index (χ0n) is 21.0. The average molecular weight is 493 g/mol. The number of carbonyl (C=O) groups is 1. The van der Waals surface area contributed by atoms with Crippen molar-refractivity contribution in [2.45, 2.75) is 33.1 Å². The van der Waals surface area contributed by atoms with Gasteiger partial charge in [-0.15, -0.1) is 0 Å². The van der Waals surface area contributed by atoms with E-state index in [0.29, 0.717) is 22.4 Å². The summed E-state index contributed by atoms with van der Waals surface area (Å²) in [6.45, 7) is 7.83. The number of nitriles is 1. The molecule has 3 heterocycles. The predicted molar refractivity (Wildman–Crippen MR) is 140 cm³/mol. The maximum atomic E-state index is 15.0. The first kappa shape index (κ1) is 23.9. The molecule has 0 unspecified atom stereocenters. The Balaban J connectivity index is 1.52. The molecule has 0 saturated heterocycles. The molecule has 0 atom stereocenters. The van der Waals surface area contributed by atoms with E-state index in [1.807, 2.05) is 62.9 Å². The molecule has 184 valence electrons. The minimum absolute atomic E-state index is 0.0455. The number of nitrogens with one attached hydrogen (secondary N) is 1. The van der Waals surface area contributed by atoms with Gasteiger partial charge in [0, 0.05) is 42.0 Å². The largest absolute Gasteiger partial charge is 0.319 e. The number of carbonyl (C=O) groups excluding carboxylic acids is 1. The van der Waals surface area contributed by atoms with Gasteiger partial charge in [-0.05, 0) is 65.9 Å². The number of rotatable bonds is 4. The van der Waals surface area contributed by atoms with Gasteiger partial charge in [0.15, 0.2) is 0 Å². The third-order valence-corrected chi connectivity index (χ3v) is 6.26. The molecule has 0 spiro atoms. The predicted octanol–water partition coefficient (Wildman–Crippen LogP) is 6.06. The molecule has 0 radical (unpaired) electrons. The van der Waals surface area contributed by atoms with Gasteiger partial charge in [-0.1, -0.05) is 20.8 Å². The Morgan fingerprint density at radius 3 is 2.62 bits per heavy atom. The molecule has 0 aliphatic carbocycles. The van der Waals surface area contributed by atoms with Crippen LogP contribution in [0.1, 0.15) is 47.8 Å². The zero-order valence-corrected chi connectivity index (χ0v) is 21.0. The van der Waals surface area contributed by atoms with Crippen molar-refractivity contribution in [1.29, 1.82) is 5.26 Å². The molecule has 0 aliphatic heterocycles. The minimum Gasteiger partial charge on any atom is -0.319 e. The quantitative estimate of drug-likeness (QED) is 0.331. The van der Waals surface area contributed by atoms with Gasteiger partial charge in [0.2, 0.25) is 0 Å². The molecular weight excluding hydrogens is 467 g/mol. The summed E-state index contributed by atoms with van der Waals surface area (Å²) >= 11 is 0. The van der Waals surface area contributed by atoms with Crippen LogP contribution in [0.4, 0.5) is 10.1 Å². The van der Waals surface area contributed by atoms with Crippen molar-refractivity contribution in [2.24, 2.45) is 0 Å². The fourth-order valence-electron chi connectivity index (χ4n) is 4.21. The standard InChI is InChI=1S/C29H25FN6O/c1-18-10-23(30)25(33-28(37)21-11-19(16-31)12-22(13-21)29(2,3)4)14-26(18)35-8-9-36-27(35)15-24(34-36)20-6-5-7-32-17-20/h5-15,17H,1-4H3,(H,33,37). The number of nitrogens with zero attached hydrogens (tertiary/aromatic N) is 5. The van der Waals surface area contributed by atoms with Crippen molar-refractivity contribution in [3.63, 3.8) is 0 Å². The summed E-state index contributed by atoms with van der Waals surface area (Å²) in [4.78, 5) is 17.3. The van der Waals surface area contributed by atoms with Gasteiger partial charge < -0.3 is 5.32 Å². The zero-order chi connectivity index (χ0) is 26.3. The molecule has 5 aromatic rings. The molecule has 1 amide bonds. The number of anilines is 1. The van der Waals surface area contributed by atoms with Crippen LogP contribution in [0.5, 0.6) is 0 Å². The summed E-state index contributed by atoms with van der Waals surface area (Å²) < 4.78 is 18.6. The summed E-state index contributed by atoms with van der Waals surface area (Å²) in [5.41, 5.74) is 5.13. The van der Waals surface area contributed by atoms with E-state index in [4.69, 9.17) is 0 Å². The number of pyridine rings is 1. The fraction of sp³-hybridized carbons (Fsp3) is 0.172. The topological polar surface area (TPSA) is 88.0 Å². The third-order valence-electron chi connectivity index (χ3n) is 6.26. The van der Waals surface area contributed by atoms with Crippen molar-refractivity contribution in [3.05, 3.63) is 101 Å². The fourth-order valence-corrected chi connectivity index (χ4v) is 4.21. The van der Waals surface area contributed by atoms with Gasteiger partial charge >= 0.3 is 0 Å². The Morgan fingerprint density at radius 2 is 1.92 bits per heavy atom. The van der Waals surface area contributed by atoms with Crippen molar-refractivity contribution in [2.75, 3.05) is 5.32 Å². The van der Waals surface area contributed by atoms with Crippen molar-refractivity contribution in [1.82, 2.24) is 19.2 Å². The lowest BCUT2D eigenvalue weighted by molar-refractivity contribution is 0.102. The van der Waals surface area contributed by atoms with E-state index in [9.17, 15) is 10.1 Å². The van der Waals surface area contributed by atoms with Crippen LogP contribution < -0.4 is 5.32 Å². The Kier molecular flexibility index (Phi) is 5.84. The number of amides is 1. The molecule has 8 heteroatoms. The number of imidazole rings is 1. The van der Waals surface area contributed by atoms with Crippen LogP contribution in [0.3, 0.4) is 0 Å². The summed E-state index contributed by atoms with van der Waals surface area (Å²) in [6, 6.07) is 15.8. The van der Waals surface area contributed by atoms with Crippen molar-refractivity contribution < 1.29 is 9.18 Å². The van der Waals surface area contributed by atoms with Crippen LogP contribution in [-0.2, 0) is 5.41 Å². The first-order chi connectivity index (χ1) is 17.6. The maximum Gasteiger partial charge on any atom is 0.255 e. The lowest BCUT2D eigenvalue weighted by atomic mass is 9.85. The lowest BCUT2D eigenvalue weighted by Gasteiger charge is -2.20. The second kappa shape index (κ2) is 9.03. The van der Waals surface area contributed by atoms with E-state index in [-0.39, 0.29) is 11.1 Å². The van der Waals surface area contributed by atoms with Crippen LogP contribution in [-0.4, -0.2) is 25.1 Å². The Labute approximate surface area is 213 Å². The number of aryl methyl sites for hydroxylation is 1. The van der Waals surface area contributed by atoms with Gasteiger partial charge in [-0.25, -0.2) is 8.91 Å². The molecule has 3 aromatic heterocycles. The molecule has 2 aromatic carbocycles. The van der Waals surface area contributed by atoms with Crippen molar-refractivity contribution >= 4 is 17.2 Å². The molecule has 0 aliphatic rings. The minimum atomic E-state index is -0.546. The van der Waals surface area contributed by atoms with Gasteiger partial charge in [0.1, 0.15) is 11.5 Å². The van der Waals surface area contributed by atoms with E-state index in [2.05, 4.69) is 21.5 Å². The average Bonchev–Trinajstić information content (AvgIpc) is 3.47. The monoisotopic (exact) mass is 492 g/mol. The van der Waals surface area contributed by atoms with Crippen LogP contribution in [0.2, 0.25) is 0 Å². The third kappa shape index (κ3) is 4.59. The van der Waals surface area contributed by atoms with E-state index < -0.39 is 11.7 Å². The number of halogens is 1. The molecular formula is C29H25FN6O. The van der Waals surface area contributed by atoms with Gasteiger partial charge in [0.25, 0.3) is 5.91 Å². The number of aromatic nitrogens is 4. The lowest BCUT2D eigenvalue weighted by Crippen LogP contribution is -2.17. The van der Waals surface area contributed by atoms with E-state index in [1.165, 1.54) is 12.1 Å². The normalized spacial score (nSPS) is 11.5. The van der Waals surface area contributed by atoms with E-state index in [1.54, 1.807) is 35.1 Å². The summed E-state index contributed by atoms with van der Waals surface area (Å²) in [6.07, 6.45) is 7.11. The summed E-state index contributed by atoms with van der Waals surface area (Å²) in [5.74, 6) is -1.04. The van der Waals surface area contributed by atoms with E-state index in [0.717, 1.165) is 22.5 Å². The molecule has 1 N–H and O–H groups in total. The summed E-state index contributed by atoms with van der Waals surface area (Å²) in [7, 11) is 0. The van der Waals surface area contributed by atoms with Crippen molar-refractivity contribution in [3.8, 4) is 23.0 Å².